The number of nitrogens with zero attached hydrogens (tertiary/aromatic N) is 1. The lowest BCUT2D eigenvalue weighted by molar-refractivity contribution is -0.146. The zero-order valence-electron chi connectivity index (χ0n) is 13.1. The highest BCUT2D eigenvalue weighted by atomic mass is 19.2. The highest BCUT2D eigenvalue weighted by Crippen LogP contribution is 2.22. The van der Waals surface area contributed by atoms with E-state index in [9.17, 15) is 18.4 Å². The Morgan fingerprint density at radius 3 is 2.65 bits per heavy atom. The lowest BCUT2D eigenvalue weighted by Gasteiger charge is -2.34. The molecular weight excluding hydrogens is 304 g/mol. The second kappa shape index (κ2) is 7.53. The third-order valence-corrected chi connectivity index (χ3v) is 4.20. The predicted octanol–water partition coefficient (Wildman–Crippen LogP) is 2.86. The molecule has 0 radical (unpaired) electrons. The Labute approximate surface area is 134 Å². The van der Waals surface area contributed by atoms with E-state index in [-0.39, 0.29) is 24.8 Å². The molecule has 1 aromatic rings. The van der Waals surface area contributed by atoms with Crippen LogP contribution in [0.2, 0.25) is 0 Å². The number of halogens is 2. The number of hydrogen-bond donors (Lipinski definition) is 1. The standard InChI is InChI=1S/C17H21F2NO3/c1-11-7-13(17(22)23)10-20(9-11)16(21)4-2-3-12-5-6-14(18)15(19)8-12/h5-6,8,11,13H,2-4,7,9-10H2,1H3,(H,22,23). The van der Waals surface area contributed by atoms with Crippen LogP contribution in [0.4, 0.5) is 8.78 Å². The maximum absolute atomic E-state index is 13.1. The first-order valence-corrected chi connectivity index (χ1v) is 7.81. The topological polar surface area (TPSA) is 57.6 Å². The fraction of sp³-hybridized carbons (Fsp3) is 0.529. The maximum atomic E-state index is 13.1. The van der Waals surface area contributed by atoms with Crippen LogP contribution in [-0.2, 0) is 16.0 Å². The SMILES string of the molecule is CC1CC(C(=O)O)CN(C(=O)CCCc2ccc(F)c(F)c2)C1. The van der Waals surface area contributed by atoms with Crippen LogP contribution < -0.4 is 0 Å². The number of benzene rings is 1. The van der Waals surface area contributed by atoms with E-state index in [2.05, 4.69) is 0 Å². The Bertz CT molecular complexity index is 591. The highest BCUT2D eigenvalue weighted by molar-refractivity contribution is 5.78. The number of aryl methyl sites for hydroxylation is 1. The molecule has 1 N–H and O–H groups in total. The molecule has 0 aliphatic carbocycles. The molecule has 0 bridgehead atoms. The fourth-order valence-electron chi connectivity index (χ4n) is 3.03. The Kier molecular flexibility index (Phi) is 5.69. The van der Waals surface area contributed by atoms with Gasteiger partial charge in [-0.1, -0.05) is 13.0 Å². The number of carboxylic acids is 1. The van der Waals surface area contributed by atoms with Crippen LogP contribution in [0.3, 0.4) is 0 Å². The zero-order chi connectivity index (χ0) is 17.0. The van der Waals surface area contributed by atoms with Crippen LogP contribution in [-0.4, -0.2) is 35.0 Å². The number of piperidine rings is 1. The fourth-order valence-corrected chi connectivity index (χ4v) is 3.03. The molecule has 1 aliphatic rings. The van der Waals surface area contributed by atoms with Crippen molar-refractivity contribution in [2.75, 3.05) is 13.1 Å². The molecule has 2 unspecified atom stereocenters. The van der Waals surface area contributed by atoms with Crippen LogP contribution in [0.15, 0.2) is 18.2 Å². The predicted molar refractivity (Wildman–Crippen MR) is 80.8 cm³/mol. The molecule has 1 amide bonds. The van der Waals surface area contributed by atoms with Gasteiger partial charge in [0, 0.05) is 19.5 Å². The van der Waals surface area contributed by atoms with Crippen LogP contribution >= 0.6 is 0 Å². The van der Waals surface area contributed by atoms with E-state index in [1.165, 1.54) is 6.07 Å². The minimum Gasteiger partial charge on any atom is -0.481 e. The second-order valence-electron chi connectivity index (χ2n) is 6.28. The normalized spacial score (nSPS) is 21.3. The molecule has 1 aromatic carbocycles. The van der Waals surface area contributed by atoms with Gasteiger partial charge in [-0.3, -0.25) is 9.59 Å². The highest BCUT2D eigenvalue weighted by Gasteiger charge is 2.31. The Morgan fingerprint density at radius 1 is 1.26 bits per heavy atom. The van der Waals surface area contributed by atoms with Crippen LogP contribution in [0.5, 0.6) is 0 Å². The molecule has 2 rings (SSSR count). The summed E-state index contributed by atoms with van der Waals surface area (Å²) in [5.41, 5.74) is 0.645. The third-order valence-electron chi connectivity index (χ3n) is 4.20. The Hall–Kier alpha value is -1.98. The summed E-state index contributed by atoms with van der Waals surface area (Å²) in [5, 5.41) is 9.12. The van der Waals surface area contributed by atoms with Gasteiger partial charge in [0.15, 0.2) is 11.6 Å². The summed E-state index contributed by atoms with van der Waals surface area (Å²) in [6.45, 7) is 2.77. The summed E-state index contributed by atoms with van der Waals surface area (Å²) >= 11 is 0. The van der Waals surface area contributed by atoms with Gasteiger partial charge in [-0.05, 0) is 42.9 Å². The average Bonchev–Trinajstić information content (AvgIpc) is 2.50. The number of amides is 1. The van der Waals surface area contributed by atoms with Crippen LogP contribution in [0.25, 0.3) is 0 Å². The number of hydrogen-bond acceptors (Lipinski definition) is 2. The number of likely N-dealkylation sites (tertiary alicyclic amines) is 1. The lowest BCUT2D eigenvalue weighted by Crippen LogP contribution is -2.45. The first kappa shape index (κ1) is 17.4. The molecule has 0 saturated carbocycles. The van der Waals surface area contributed by atoms with Crippen molar-refractivity contribution in [1.82, 2.24) is 4.90 Å². The number of carboxylic acid groups (broad SMARTS) is 1. The monoisotopic (exact) mass is 325 g/mol. The summed E-state index contributed by atoms with van der Waals surface area (Å²) < 4.78 is 26.0. The third kappa shape index (κ3) is 4.74. The summed E-state index contributed by atoms with van der Waals surface area (Å²) in [6, 6.07) is 3.73. The van der Waals surface area contributed by atoms with Gasteiger partial charge in [-0.25, -0.2) is 8.78 Å². The zero-order valence-corrected chi connectivity index (χ0v) is 13.1. The van der Waals surface area contributed by atoms with Gasteiger partial charge in [0.2, 0.25) is 5.91 Å². The lowest BCUT2D eigenvalue weighted by atomic mass is 9.90. The molecular formula is C17H21F2NO3. The van der Waals surface area contributed by atoms with Gasteiger partial charge in [0.05, 0.1) is 5.92 Å². The van der Waals surface area contributed by atoms with Crippen molar-refractivity contribution >= 4 is 11.9 Å². The van der Waals surface area contributed by atoms with E-state index in [0.717, 1.165) is 12.1 Å². The summed E-state index contributed by atoms with van der Waals surface area (Å²) in [7, 11) is 0. The van der Waals surface area contributed by atoms with Crippen molar-refractivity contribution in [3.63, 3.8) is 0 Å². The van der Waals surface area contributed by atoms with Gasteiger partial charge in [0.1, 0.15) is 0 Å². The molecule has 0 spiro atoms. The minimum absolute atomic E-state index is 0.0783. The van der Waals surface area contributed by atoms with Crippen molar-refractivity contribution in [3.05, 3.63) is 35.4 Å². The van der Waals surface area contributed by atoms with E-state index < -0.39 is 23.5 Å². The van der Waals surface area contributed by atoms with E-state index in [1.54, 1.807) is 4.90 Å². The van der Waals surface area contributed by atoms with E-state index >= 15 is 0 Å². The van der Waals surface area contributed by atoms with Gasteiger partial charge in [0.25, 0.3) is 0 Å². The number of aliphatic carboxylic acids is 1. The molecule has 1 heterocycles. The van der Waals surface area contributed by atoms with Gasteiger partial charge < -0.3 is 10.0 Å². The molecule has 1 fully saturated rings. The molecule has 1 saturated heterocycles. The van der Waals surface area contributed by atoms with Crippen LogP contribution in [0.1, 0.15) is 31.7 Å². The van der Waals surface area contributed by atoms with E-state index in [0.29, 0.717) is 31.4 Å². The largest absolute Gasteiger partial charge is 0.481 e. The summed E-state index contributed by atoms with van der Waals surface area (Å²) in [6.07, 6.45) is 1.87. The quantitative estimate of drug-likeness (QED) is 0.905. The van der Waals surface area contributed by atoms with E-state index in [1.807, 2.05) is 6.92 Å². The van der Waals surface area contributed by atoms with E-state index in [4.69, 9.17) is 5.11 Å². The van der Waals surface area contributed by atoms with Crippen LogP contribution in [0, 0.1) is 23.5 Å². The second-order valence-corrected chi connectivity index (χ2v) is 6.28. The number of rotatable bonds is 5. The minimum atomic E-state index is -0.886. The molecule has 1 aliphatic heterocycles. The smallest absolute Gasteiger partial charge is 0.308 e. The molecule has 4 nitrogen and oxygen atoms in total. The van der Waals surface area contributed by atoms with Crippen molar-refractivity contribution in [2.45, 2.75) is 32.6 Å². The average molecular weight is 325 g/mol. The maximum Gasteiger partial charge on any atom is 0.308 e. The molecule has 23 heavy (non-hydrogen) atoms. The molecule has 2 atom stereocenters. The Morgan fingerprint density at radius 2 is 2.00 bits per heavy atom. The van der Waals surface area contributed by atoms with Gasteiger partial charge >= 0.3 is 5.97 Å². The number of carbonyl (C=O) groups is 2. The van der Waals surface area contributed by atoms with Gasteiger partial charge in [-0.15, -0.1) is 0 Å². The molecule has 0 aromatic heterocycles. The van der Waals surface area contributed by atoms with Crippen molar-refractivity contribution < 1.29 is 23.5 Å². The number of carbonyl (C=O) groups excluding carboxylic acids is 1. The van der Waals surface area contributed by atoms with Crippen molar-refractivity contribution in [3.8, 4) is 0 Å². The Balaban J connectivity index is 1.84. The van der Waals surface area contributed by atoms with Gasteiger partial charge in [-0.2, -0.15) is 0 Å². The first-order chi connectivity index (χ1) is 10.9. The van der Waals surface area contributed by atoms with Crippen molar-refractivity contribution in [2.24, 2.45) is 11.8 Å². The molecule has 6 heteroatoms. The first-order valence-electron chi connectivity index (χ1n) is 7.81. The molecule has 126 valence electrons. The van der Waals surface area contributed by atoms with Crippen molar-refractivity contribution in [1.29, 1.82) is 0 Å². The summed E-state index contributed by atoms with van der Waals surface area (Å²) in [5.74, 6) is -3.05. The summed E-state index contributed by atoms with van der Waals surface area (Å²) in [4.78, 5) is 25.0.